The Balaban J connectivity index is 1.81. The third-order valence-corrected chi connectivity index (χ3v) is 3.94. The Bertz CT molecular complexity index is 687. The molecule has 0 unspecified atom stereocenters. The number of anilines is 1. The van der Waals surface area contributed by atoms with Crippen molar-refractivity contribution in [2.45, 2.75) is 26.7 Å². The predicted octanol–water partition coefficient (Wildman–Crippen LogP) is 1.13. The molecule has 8 nitrogen and oxygen atoms in total. The Hall–Kier alpha value is -2.90. The second-order valence-electron chi connectivity index (χ2n) is 6.15. The number of carbonyl (C=O) groups excluding carboxylic acids is 4. The lowest BCUT2D eigenvalue weighted by Gasteiger charge is -2.16. The molecule has 1 aromatic rings. The summed E-state index contributed by atoms with van der Waals surface area (Å²) >= 11 is 0. The van der Waals surface area contributed by atoms with Crippen LogP contribution in [0.15, 0.2) is 24.3 Å². The van der Waals surface area contributed by atoms with E-state index in [4.69, 9.17) is 4.74 Å². The van der Waals surface area contributed by atoms with Gasteiger partial charge in [-0.15, -0.1) is 0 Å². The Morgan fingerprint density at radius 3 is 2.58 bits per heavy atom. The summed E-state index contributed by atoms with van der Waals surface area (Å²) in [5.74, 6) is -2.14. The zero-order valence-corrected chi connectivity index (χ0v) is 14.9. The minimum absolute atomic E-state index is 0.0331. The first-order valence-corrected chi connectivity index (χ1v) is 8.52. The van der Waals surface area contributed by atoms with E-state index >= 15 is 0 Å². The predicted molar refractivity (Wildman–Crippen MR) is 94.4 cm³/mol. The largest absolute Gasteiger partial charge is 0.455 e. The molecule has 1 atom stereocenters. The van der Waals surface area contributed by atoms with Gasteiger partial charge in [-0.05, 0) is 25.5 Å². The van der Waals surface area contributed by atoms with Crippen LogP contribution < -0.4 is 15.5 Å². The van der Waals surface area contributed by atoms with Crippen LogP contribution in [0, 0.1) is 12.8 Å². The molecule has 0 radical (unpaired) electrons. The molecule has 1 aliphatic rings. The molecule has 1 aromatic carbocycles. The number of amides is 4. The molecule has 0 bridgehead atoms. The molecular formula is C18H23N3O5. The fourth-order valence-electron chi connectivity index (χ4n) is 2.54. The Morgan fingerprint density at radius 1 is 1.23 bits per heavy atom. The molecule has 26 heavy (non-hydrogen) atoms. The molecule has 1 fully saturated rings. The quantitative estimate of drug-likeness (QED) is 0.739. The fraction of sp³-hybridized carbons (Fsp3) is 0.444. The molecule has 0 aromatic heterocycles. The van der Waals surface area contributed by atoms with Gasteiger partial charge in [-0.1, -0.05) is 24.6 Å². The average Bonchev–Trinajstić information content (AvgIpc) is 3.00. The molecule has 0 aliphatic carbocycles. The van der Waals surface area contributed by atoms with E-state index in [-0.39, 0.29) is 18.9 Å². The van der Waals surface area contributed by atoms with Crippen molar-refractivity contribution < 1.29 is 23.9 Å². The van der Waals surface area contributed by atoms with Gasteiger partial charge in [0.05, 0.1) is 5.92 Å². The fourth-order valence-corrected chi connectivity index (χ4v) is 2.54. The number of imide groups is 1. The van der Waals surface area contributed by atoms with Gasteiger partial charge in [0.15, 0.2) is 6.61 Å². The van der Waals surface area contributed by atoms with Crippen LogP contribution in [0.5, 0.6) is 0 Å². The van der Waals surface area contributed by atoms with Crippen molar-refractivity contribution in [1.82, 2.24) is 10.6 Å². The molecular weight excluding hydrogens is 338 g/mol. The van der Waals surface area contributed by atoms with Gasteiger partial charge in [-0.3, -0.25) is 19.7 Å². The van der Waals surface area contributed by atoms with Crippen molar-refractivity contribution in [1.29, 1.82) is 0 Å². The SMILES string of the molecule is CCCNC(=O)NC(=O)COC(=O)[C@@H]1CC(=O)N(c2ccc(C)cc2)C1. The average molecular weight is 361 g/mol. The maximum Gasteiger partial charge on any atom is 0.321 e. The zero-order chi connectivity index (χ0) is 19.1. The zero-order valence-electron chi connectivity index (χ0n) is 14.9. The molecule has 2 N–H and O–H groups in total. The summed E-state index contributed by atoms with van der Waals surface area (Å²) in [5, 5.41) is 4.54. The topological polar surface area (TPSA) is 105 Å². The summed E-state index contributed by atoms with van der Waals surface area (Å²) in [5.41, 5.74) is 1.80. The van der Waals surface area contributed by atoms with Crippen molar-refractivity contribution in [2.75, 3.05) is 24.6 Å². The number of aryl methyl sites for hydroxylation is 1. The van der Waals surface area contributed by atoms with Crippen LogP contribution in [0.2, 0.25) is 0 Å². The van der Waals surface area contributed by atoms with E-state index in [1.165, 1.54) is 4.90 Å². The van der Waals surface area contributed by atoms with Gasteiger partial charge in [0.25, 0.3) is 5.91 Å². The van der Waals surface area contributed by atoms with Gasteiger partial charge >= 0.3 is 12.0 Å². The van der Waals surface area contributed by atoms with Crippen LogP contribution in [-0.4, -0.2) is 43.5 Å². The molecule has 140 valence electrons. The van der Waals surface area contributed by atoms with Gasteiger partial charge in [0.2, 0.25) is 5.91 Å². The smallest absolute Gasteiger partial charge is 0.321 e. The Labute approximate surface area is 151 Å². The van der Waals surface area contributed by atoms with E-state index in [9.17, 15) is 19.2 Å². The number of rotatable bonds is 6. The van der Waals surface area contributed by atoms with E-state index in [2.05, 4.69) is 10.6 Å². The molecule has 1 heterocycles. The minimum Gasteiger partial charge on any atom is -0.455 e. The van der Waals surface area contributed by atoms with Crippen LogP contribution in [-0.2, 0) is 19.1 Å². The molecule has 1 aliphatic heterocycles. The van der Waals surface area contributed by atoms with Crippen LogP contribution in [0.4, 0.5) is 10.5 Å². The van der Waals surface area contributed by atoms with Crippen molar-refractivity contribution in [3.05, 3.63) is 29.8 Å². The second-order valence-corrected chi connectivity index (χ2v) is 6.15. The highest BCUT2D eigenvalue weighted by atomic mass is 16.5. The minimum atomic E-state index is -0.716. The lowest BCUT2D eigenvalue weighted by Crippen LogP contribution is -2.42. The first kappa shape index (κ1) is 19.4. The number of nitrogens with one attached hydrogen (secondary N) is 2. The number of ether oxygens (including phenoxy) is 1. The van der Waals surface area contributed by atoms with E-state index < -0.39 is 30.4 Å². The van der Waals surface area contributed by atoms with Crippen molar-refractivity contribution in [3.8, 4) is 0 Å². The maximum atomic E-state index is 12.1. The lowest BCUT2D eigenvalue weighted by molar-refractivity contribution is -0.152. The van der Waals surface area contributed by atoms with Crippen LogP contribution in [0.25, 0.3) is 0 Å². The number of urea groups is 1. The standard InChI is InChI=1S/C18H23N3O5/c1-3-8-19-18(25)20-15(22)11-26-17(24)13-9-16(23)21(10-13)14-6-4-12(2)5-7-14/h4-7,13H,3,8-11H2,1-2H3,(H2,19,20,22,25)/t13-/m1/s1. The van der Waals surface area contributed by atoms with Gasteiger partial charge in [0, 0.05) is 25.2 Å². The molecule has 2 rings (SSSR count). The third kappa shape index (κ3) is 5.30. The molecule has 1 saturated heterocycles. The monoisotopic (exact) mass is 361 g/mol. The van der Waals surface area contributed by atoms with Crippen molar-refractivity contribution in [2.24, 2.45) is 5.92 Å². The molecule has 0 saturated carbocycles. The van der Waals surface area contributed by atoms with E-state index in [0.717, 1.165) is 17.7 Å². The van der Waals surface area contributed by atoms with Crippen molar-refractivity contribution in [3.63, 3.8) is 0 Å². The number of esters is 1. The number of nitrogens with zero attached hydrogens (tertiary/aromatic N) is 1. The van der Waals surface area contributed by atoms with E-state index in [0.29, 0.717) is 6.54 Å². The molecule has 8 heteroatoms. The number of benzene rings is 1. The van der Waals surface area contributed by atoms with Gasteiger partial charge in [-0.25, -0.2) is 4.79 Å². The maximum absolute atomic E-state index is 12.1. The highest BCUT2D eigenvalue weighted by molar-refractivity contribution is 6.00. The first-order chi connectivity index (χ1) is 12.4. The third-order valence-electron chi connectivity index (χ3n) is 3.94. The van der Waals surface area contributed by atoms with Crippen LogP contribution >= 0.6 is 0 Å². The van der Waals surface area contributed by atoms with E-state index in [1.807, 2.05) is 38.1 Å². The summed E-state index contributed by atoms with van der Waals surface area (Å²) in [6.07, 6.45) is 0.773. The highest BCUT2D eigenvalue weighted by Crippen LogP contribution is 2.26. The number of hydrogen-bond acceptors (Lipinski definition) is 5. The normalized spacial score (nSPS) is 16.3. The molecule has 0 spiro atoms. The lowest BCUT2D eigenvalue weighted by atomic mass is 10.1. The van der Waals surface area contributed by atoms with Gasteiger partial charge < -0.3 is 15.0 Å². The summed E-state index contributed by atoms with van der Waals surface area (Å²) in [6.45, 7) is 3.92. The van der Waals surface area contributed by atoms with Gasteiger partial charge in [0.1, 0.15) is 0 Å². The Kier molecular flexibility index (Phi) is 6.71. The summed E-state index contributed by atoms with van der Waals surface area (Å²) < 4.78 is 4.93. The number of carbonyl (C=O) groups is 4. The summed E-state index contributed by atoms with van der Waals surface area (Å²) in [4.78, 5) is 48.7. The first-order valence-electron chi connectivity index (χ1n) is 8.52. The van der Waals surface area contributed by atoms with Gasteiger partial charge in [-0.2, -0.15) is 0 Å². The van der Waals surface area contributed by atoms with E-state index in [1.54, 1.807) is 0 Å². The molecule has 4 amide bonds. The highest BCUT2D eigenvalue weighted by Gasteiger charge is 2.36. The van der Waals surface area contributed by atoms with Crippen LogP contribution in [0.3, 0.4) is 0 Å². The second kappa shape index (κ2) is 8.98. The van der Waals surface area contributed by atoms with Crippen molar-refractivity contribution >= 4 is 29.5 Å². The Morgan fingerprint density at radius 2 is 1.92 bits per heavy atom. The summed E-state index contributed by atoms with van der Waals surface area (Å²) in [7, 11) is 0. The summed E-state index contributed by atoms with van der Waals surface area (Å²) in [6, 6.07) is 6.80. The number of hydrogen-bond donors (Lipinski definition) is 2. The van der Waals surface area contributed by atoms with Crippen LogP contribution in [0.1, 0.15) is 25.3 Å².